The molecule has 1 aromatic heterocycles. The first-order valence-electron chi connectivity index (χ1n) is 7.06. The zero-order chi connectivity index (χ0) is 17.5. The third-order valence-corrected chi connectivity index (χ3v) is 3.87. The highest BCUT2D eigenvalue weighted by molar-refractivity contribution is 6.26. The fraction of sp³-hybridized carbons (Fsp3) is 0.176. The van der Waals surface area contributed by atoms with Crippen molar-refractivity contribution >= 4 is 11.6 Å². The SMILES string of the molecule is CC1=C(Cc2cc(C(F)(F)F)cnn2)C(=O)c2ccccc2C1=O. The maximum absolute atomic E-state index is 12.8. The Labute approximate surface area is 135 Å². The summed E-state index contributed by atoms with van der Waals surface area (Å²) in [6.07, 6.45) is -4.11. The molecule has 0 unspecified atom stereocenters. The number of hydrogen-bond acceptors (Lipinski definition) is 4. The molecule has 0 saturated carbocycles. The largest absolute Gasteiger partial charge is 0.418 e. The van der Waals surface area contributed by atoms with Crippen LogP contribution in [0.1, 0.15) is 38.9 Å². The van der Waals surface area contributed by atoms with Crippen LogP contribution >= 0.6 is 0 Å². The molecule has 4 nitrogen and oxygen atoms in total. The van der Waals surface area contributed by atoms with Crippen LogP contribution in [0.2, 0.25) is 0 Å². The van der Waals surface area contributed by atoms with E-state index < -0.39 is 11.7 Å². The van der Waals surface area contributed by atoms with E-state index in [1.807, 2.05) is 0 Å². The molecule has 1 aromatic carbocycles. The lowest BCUT2D eigenvalue weighted by molar-refractivity contribution is -0.138. The number of carbonyl (C=O) groups excluding carboxylic acids is 2. The Bertz CT molecular complexity index is 885. The number of halogens is 3. The van der Waals surface area contributed by atoms with Crippen LogP contribution in [0.3, 0.4) is 0 Å². The number of alkyl halides is 3. The molecule has 122 valence electrons. The van der Waals surface area contributed by atoms with Crippen molar-refractivity contribution in [3.63, 3.8) is 0 Å². The number of fused-ring (bicyclic) bond motifs is 1. The Kier molecular flexibility index (Phi) is 3.79. The number of hydrogen-bond donors (Lipinski definition) is 0. The van der Waals surface area contributed by atoms with Gasteiger partial charge in [-0.25, -0.2) is 0 Å². The molecular formula is C17H11F3N2O2. The maximum Gasteiger partial charge on any atom is 0.418 e. The van der Waals surface area contributed by atoms with Gasteiger partial charge in [0.25, 0.3) is 0 Å². The fourth-order valence-electron chi connectivity index (χ4n) is 2.60. The summed E-state index contributed by atoms with van der Waals surface area (Å²) in [6.45, 7) is 1.49. The molecule has 1 heterocycles. The molecule has 0 amide bonds. The second-order valence-corrected chi connectivity index (χ2v) is 5.42. The molecule has 0 N–H and O–H groups in total. The minimum Gasteiger partial charge on any atom is -0.289 e. The Hall–Kier alpha value is -2.83. The van der Waals surface area contributed by atoms with Gasteiger partial charge in [-0.1, -0.05) is 24.3 Å². The van der Waals surface area contributed by atoms with Gasteiger partial charge in [-0.15, -0.1) is 0 Å². The number of benzene rings is 1. The van der Waals surface area contributed by atoms with Crippen LogP contribution in [0.4, 0.5) is 13.2 Å². The van der Waals surface area contributed by atoms with E-state index in [2.05, 4.69) is 10.2 Å². The first-order valence-corrected chi connectivity index (χ1v) is 7.06. The van der Waals surface area contributed by atoms with Crippen molar-refractivity contribution < 1.29 is 22.8 Å². The Morgan fingerprint density at radius 2 is 1.67 bits per heavy atom. The standard InChI is InChI=1S/C17H11F3N2O2/c1-9-14(7-11-6-10(8-21-22-11)17(18,19)20)16(24)13-5-3-2-4-12(13)15(9)23/h2-6,8H,7H2,1H3. The summed E-state index contributed by atoms with van der Waals surface area (Å²) < 4.78 is 38.3. The summed E-state index contributed by atoms with van der Waals surface area (Å²) in [6, 6.07) is 7.21. The third kappa shape index (κ3) is 2.73. The first-order chi connectivity index (χ1) is 11.3. The molecule has 7 heteroatoms. The summed E-state index contributed by atoms with van der Waals surface area (Å²) in [5.74, 6) is -0.679. The summed E-state index contributed by atoms with van der Waals surface area (Å²) in [4.78, 5) is 24.9. The van der Waals surface area contributed by atoms with Gasteiger partial charge in [-0.05, 0) is 13.0 Å². The van der Waals surface area contributed by atoms with Crippen molar-refractivity contribution in [1.29, 1.82) is 0 Å². The Balaban J connectivity index is 2.00. The lowest BCUT2D eigenvalue weighted by Gasteiger charge is -2.18. The molecular weight excluding hydrogens is 321 g/mol. The number of rotatable bonds is 2. The summed E-state index contributed by atoms with van der Waals surface area (Å²) in [5, 5.41) is 6.99. The van der Waals surface area contributed by atoms with E-state index in [0.29, 0.717) is 11.8 Å². The van der Waals surface area contributed by atoms with E-state index in [4.69, 9.17) is 0 Å². The number of ketones is 2. The van der Waals surface area contributed by atoms with E-state index >= 15 is 0 Å². The van der Waals surface area contributed by atoms with E-state index in [1.54, 1.807) is 18.2 Å². The van der Waals surface area contributed by atoms with Gasteiger partial charge in [-0.2, -0.15) is 23.4 Å². The fourth-order valence-corrected chi connectivity index (χ4v) is 2.60. The zero-order valence-electron chi connectivity index (χ0n) is 12.5. The molecule has 3 rings (SSSR count). The lowest BCUT2D eigenvalue weighted by Crippen LogP contribution is -2.22. The third-order valence-electron chi connectivity index (χ3n) is 3.87. The highest BCUT2D eigenvalue weighted by Crippen LogP contribution is 2.31. The van der Waals surface area contributed by atoms with Crippen molar-refractivity contribution in [1.82, 2.24) is 10.2 Å². The zero-order valence-corrected chi connectivity index (χ0v) is 12.5. The van der Waals surface area contributed by atoms with Crippen molar-refractivity contribution in [2.75, 3.05) is 0 Å². The van der Waals surface area contributed by atoms with Gasteiger partial charge >= 0.3 is 6.18 Å². The minimum absolute atomic E-state index is 0.0142. The molecule has 0 bridgehead atoms. The average Bonchev–Trinajstić information content (AvgIpc) is 2.56. The maximum atomic E-state index is 12.8. The second-order valence-electron chi connectivity index (χ2n) is 5.42. The molecule has 24 heavy (non-hydrogen) atoms. The molecule has 1 aliphatic rings. The number of carbonyl (C=O) groups is 2. The number of Topliss-reactive ketones (excluding diaryl/α,β-unsaturated/α-hetero) is 2. The van der Waals surface area contributed by atoms with Crippen LogP contribution in [0.25, 0.3) is 0 Å². The second kappa shape index (κ2) is 5.67. The quantitative estimate of drug-likeness (QED) is 0.845. The topological polar surface area (TPSA) is 59.9 Å². The average molecular weight is 332 g/mol. The summed E-state index contributed by atoms with van der Waals surface area (Å²) in [7, 11) is 0. The predicted molar refractivity (Wildman–Crippen MR) is 78.5 cm³/mol. The molecule has 0 atom stereocenters. The lowest BCUT2D eigenvalue weighted by atomic mass is 9.83. The van der Waals surface area contributed by atoms with Crippen LogP contribution in [0.5, 0.6) is 0 Å². The van der Waals surface area contributed by atoms with Gasteiger partial charge in [0, 0.05) is 28.7 Å². The number of nitrogens with zero attached hydrogens (tertiary/aromatic N) is 2. The van der Waals surface area contributed by atoms with Crippen LogP contribution in [0, 0.1) is 0 Å². The van der Waals surface area contributed by atoms with Crippen LogP contribution < -0.4 is 0 Å². The summed E-state index contributed by atoms with van der Waals surface area (Å²) >= 11 is 0. The normalized spacial score (nSPS) is 14.8. The van der Waals surface area contributed by atoms with E-state index in [0.717, 1.165) is 6.07 Å². The highest BCUT2D eigenvalue weighted by atomic mass is 19.4. The van der Waals surface area contributed by atoms with Crippen molar-refractivity contribution in [2.24, 2.45) is 0 Å². The molecule has 0 radical (unpaired) electrons. The molecule has 0 fully saturated rings. The van der Waals surface area contributed by atoms with Gasteiger partial charge < -0.3 is 0 Å². The van der Waals surface area contributed by atoms with Gasteiger partial charge in [0.1, 0.15) is 0 Å². The van der Waals surface area contributed by atoms with Gasteiger partial charge in [-0.3, -0.25) is 9.59 Å². The number of aromatic nitrogens is 2. The summed E-state index contributed by atoms with van der Waals surface area (Å²) in [5.41, 5.74) is -0.0346. The number of allylic oxidation sites excluding steroid dienone is 2. The molecule has 2 aromatic rings. The van der Waals surface area contributed by atoms with Crippen LogP contribution in [-0.2, 0) is 12.6 Å². The van der Waals surface area contributed by atoms with Gasteiger partial charge in [0.05, 0.1) is 17.5 Å². The monoisotopic (exact) mass is 332 g/mol. The molecule has 1 aliphatic carbocycles. The van der Waals surface area contributed by atoms with Crippen LogP contribution in [-0.4, -0.2) is 21.8 Å². The first kappa shape index (κ1) is 16.0. The Morgan fingerprint density at radius 1 is 1.04 bits per heavy atom. The molecule has 0 saturated heterocycles. The van der Waals surface area contributed by atoms with E-state index in [1.165, 1.54) is 13.0 Å². The van der Waals surface area contributed by atoms with Crippen LogP contribution in [0.15, 0.2) is 47.7 Å². The van der Waals surface area contributed by atoms with Crippen molar-refractivity contribution in [2.45, 2.75) is 19.5 Å². The molecule has 0 aliphatic heterocycles. The smallest absolute Gasteiger partial charge is 0.289 e. The van der Waals surface area contributed by atoms with Crippen molar-refractivity contribution in [3.05, 3.63) is 70.1 Å². The van der Waals surface area contributed by atoms with E-state index in [9.17, 15) is 22.8 Å². The predicted octanol–water partition coefficient (Wildman–Crippen LogP) is 3.43. The minimum atomic E-state index is -4.55. The molecule has 0 spiro atoms. The van der Waals surface area contributed by atoms with E-state index in [-0.39, 0.29) is 40.4 Å². The van der Waals surface area contributed by atoms with Gasteiger partial charge in [0.15, 0.2) is 11.6 Å². The Morgan fingerprint density at radius 3 is 2.29 bits per heavy atom. The van der Waals surface area contributed by atoms with Crippen molar-refractivity contribution in [3.8, 4) is 0 Å². The van der Waals surface area contributed by atoms with Gasteiger partial charge in [0.2, 0.25) is 0 Å². The highest BCUT2D eigenvalue weighted by Gasteiger charge is 2.33.